The van der Waals surface area contributed by atoms with Gasteiger partial charge in [-0.2, -0.15) is 0 Å². The minimum absolute atomic E-state index is 0.234. The molecule has 7 nitrogen and oxygen atoms in total. The fourth-order valence-corrected chi connectivity index (χ4v) is 2.88. The lowest BCUT2D eigenvalue weighted by atomic mass is 10.3. The molecule has 2 rings (SSSR count). The minimum atomic E-state index is -0.443. The van der Waals surface area contributed by atoms with Gasteiger partial charge in [-0.15, -0.1) is 5.10 Å². The molecule has 2 aromatic rings. The second-order valence-electron chi connectivity index (χ2n) is 4.91. The third-order valence-electron chi connectivity index (χ3n) is 3.13. The molecule has 23 heavy (non-hydrogen) atoms. The van der Waals surface area contributed by atoms with Gasteiger partial charge in [-0.25, -0.2) is 14.9 Å². The van der Waals surface area contributed by atoms with Gasteiger partial charge in [0.05, 0.1) is 10.9 Å². The summed E-state index contributed by atoms with van der Waals surface area (Å²) in [5, 5.41) is 9.42. The molecular formula is C14H18ClN5O2S. The van der Waals surface area contributed by atoms with Crippen molar-refractivity contribution in [1.29, 1.82) is 0 Å². The van der Waals surface area contributed by atoms with Gasteiger partial charge in [-0.05, 0) is 25.5 Å². The van der Waals surface area contributed by atoms with Crippen LogP contribution in [-0.2, 0) is 11.3 Å². The average molecular weight is 356 g/mol. The van der Waals surface area contributed by atoms with Crippen LogP contribution in [0.2, 0.25) is 5.15 Å². The van der Waals surface area contributed by atoms with Gasteiger partial charge in [0.1, 0.15) is 0 Å². The first kappa shape index (κ1) is 17.6. The molecule has 2 N–H and O–H groups in total. The van der Waals surface area contributed by atoms with Crippen LogP contribution in [0.4, 0.5) is 5.69 Å². The molecule has 0 bridgehead atoms. The van der Waals surface area contributed by atoms with Gasteiger partial charge in [0, 0.05) is 12.7 Å². The maximum Gasteiger partial charge on any atom is 0.343 e. The Hall–Kier alpha value is -1.80. The molecule has 0 aliphatic rings. The van der Waals surface area contributed by atoms with Crippen molar-refractivity contribution in [2.24, 2.45) is 0 Å². The number of pyridine rings is 1. The van der Waals surface area contributed by atoms with Gasteiger partial charge in [0.2, 0.25) is 5.91 Å². The predicted molar refractivity (Wildman–Crippen MR) is 91.0 cm³/mol. The van der Waals surface area contributed by atoms with Crippen molar-refractivity contribution in [3.63, 3.8) is 0 Å². The molecule has 0 saturated carbocycles. The first-order chi connectivity index (χ1) is 11.0. The van der Waals surface area contributed by atoms with Crippen molar-refractivity contribution in [2.75, 3.05) is 5.32 Å². The van der Waals surface area contributed by atoms with Crippen LogP contribution < -0.4 is 11.0 Å². The zero-order chi connectivity index (χ0) is 16.8. The van der Waals surface area contributed by atoms with E-state index in [1.54, 1.807) is 29.8 Å². The molecule has 0 fully saturated rings. The molecule has 0 saturated heterocycles. The summed E-state index contributed by atoms with van der Waals surface area (Å²) in [5.74, 6) is -0.234. The molecule has 0 spiro atoms. The maximum atomic E-state index is 12.3. The number of amides is 1. The maximum absolute atomic E-state index is 12.3. The van der Waals surface area contributed by atoms with Crippen LogP contribution in [-0.4, -0.2) is 30.9 Å². The van der Waals surface area contributed by atoms with Gasteiger partial charge in [0.15, 0.2) is 10.3 Å². The lowest BCUT2D eigenvalue weighted by molar-refractivity contribution is -0.115. The normalized spacial score (nSPS) is 12.1. The number of thioether (sulfide) groups is 1. The Balaban J connectivity index is 2.04. The van der Waals surface area contributed by atoms with E-state index in [1.165, 1.54) is 11.8 Å². The van der Waals surface area contributed by atoms with Crippen molar-refractivity contribution in [3.8, 4) is 0 Å². The second-order valence-corrected chi connectivity index (χ2v) is 6.57. The minimum Gasteiger partial charge on any atom is -0.322 e. The number of nitrogens with one attached hydrogen (secondary N) is 2. The molecule has 9 heteroatoms. The third-order valence-corrected chi connectivity index (χ3v) is 4.52. The Labute approximate surface area is 142 Å². The number of hydrogen-bond acceptors (Lipinski definition) is 5. The van der Waals surface area contributed by atoms with Crippen molar-refractivity contribution >= 4 is 35.0 Å². The molecule has 0 aliphatic heterocycles. The van der Waals surface area contributed by atoms with Crippen LogP contribution in [0.1, 0.15) is 26.7 Å². The Kier molecular flexibility index (Phi) is 6.23. The Morgan fingerprint density at radius 3 is 3.04 bits per heavy atom. The fourth-order valence-electron chi connectivity index (χ4n) is 1.83. The number of nitrogens with zero attached hydrogens (tertiary/aromatic N) is 3. The van der Waals surface area contributed by atoms with Crippen molar-refractivity contribution in [1.82, 2.24) is 19.7 Å². The zero-order valence-electron chi connectivity index (χ0n) is 12.9. The molecule has 0 radical (unpaired) electrons. The molecule has 124 valence electrons. The highest BCUT2D eigenvalue weighted by atomic mass is 35.5. The van der Waals surface area contributed by atoms with E-state index in [1.807, 2.05) is 6.92 Å². The van der Waals surface area contributed by atoms with Gasteiger partial charge < -0.3 is 5.32 Å². The SMILES string of the molecule is CCCCn1c(S[C@H](C)C(=O)Nc2cccnc2Cl)n[nH]c1=O. The molecule has 1 amide bonds. The Morgan fingerprint density at radius 2 is 2.35 bits per heavy atom. The highest BCUT2D eigenvalue weighted by Crippen LogP contribution is 2.23. The number of carbonyl (C=O) groups is 1. The largest absolute Gasteiger partial charge is 0.343 e. The van der Waals surface area contributed by atoms with Gasteiger partial charge in [-0.1, -0.05) is 36.7 Å². The summed E-state index contributed by atoms with van der Waals surface area (Å²) in [6, 6.07) is 3.37. The first-order valence-electron chi connectivity index (χ1n) is 7.26. The predicted octanol–water partition coefficient (Wildman–Crippen LogP) is 2.54. The summed E-state index contributed by atoms with van der Waals surface area (Å²) in [4.78, 5) is 27.9. The highest BCUT2D eigenvalue weighted by Gasteiger charge is 2.19. The van der Waals surface area contributed by atoms with E-state index < -0.39 is 5.25 Å². The van der Waals surface area contributed by atoms with E-state index in [2.05, 4.69) is 20.5 Å². The Bertz CT molecular complexity index is 730. The van der Waals surface area contributed by atoms with Crippen LogP contribution in [0.15, 0.2) is 28.3 Å². The lowest BCUT2D eigenvalue weighted by Gasteiger charge is -2.12. The molecule has 0 unspecified atom stereocenters. The van der Waals surface area contributed by atoms with Gasteiger partial charge >= 0.3 is 5.69 Å². The van der Waals surface area contributed by atoms with E-state index in [0.717, 1.165) is 12.8 Å². The summed E-state index contributed by atoms with van der Waals surface area (Å²) in [6.07, 6.45) is 3.39. The summed E-state index contributed by atoms with van der Waals surface area (Å²) in [6.45, 7) is 4.37. The number of halogens is 1. The van der Waals surface area contributed by atoms with Crippen LogP contribution in [0.5, 0.6) is 0 Å². The third kappa shape index (κ3) is 4.59. The molecule has 1 atom stereocenters. The summed E-state index contributed by atoms with van der Waals surface area (Å²) >= 11 is 7.14. The summed E-state index contributed by atoms with van der Waals surface area (Å²) in [7, 11) is 0. The van der Waals surface area contributed by atoms with E-state index >= 15 is 0 Å². The van der Waals surface area contributed by atoms with Crippen LogP contribution >= 0.6 is 23.4 Å². The standard InChI is InChI=1S/C14H18ClN5O2S/c1-3-4-8-20-13(22)18-19-14(20)23-9(2)12(21)17-10-6-5-7-16-11(10)15/h5-7,9H,3-4,8H2,1-2H3,(H,17,21)(H,18,22)/t9-/m1/s1. The number of aromatic amines is 1. The average Bonchev–Trinajstić information content (AvgIpc) is 2.87. The van der Waals surface area contributed by atoms with Crippen molar-refractivity contribution in [3.05, 3.63) is 34.0 Å². The number of unbranched alkanes of at least 4 members (excludes halogenated alkanes) is 1. The van der Waals surface area contributed by atoms with E-state index in [0.29, 0.717) is 17.4 Å². The van der Waals surface area contributed by atoms with Crippen LogP contribution in [0.25, 0.3) is 0 Å². The fraction of sp³-hybridized carbons (Fsp3) is 0.429. The van der Waals surface area contributed by atoms with Crippen LogP contribution in [0.3, 0.4) is 0 Å². The van der Waals surface area contributed by atoms with Gasteiger partial charge in [-0.3, -0.25) is 9.36 Å². The highest BCUT2D eigenvalue weighted by molar-refractivity contribution is 8.00. The molecule has 2 aromatic heterocycles. The van der Waals surface area contributed by atoms with Crippen molar-refractivity contribution < 1.29 is 4.79 Å². The monoisotopic (exact) mass is 355 g/mol. The summed E-state index contributed by atoms with van der Waals surface area (Å²) < 4.78 is 1.55. The van der Waals surface area contributed by atoms with Crippen molar-refractivity contribution in [2.45, 2.75) is 43.6 Å². The van der Waals surface area contributed by atoms with Crippen LogP contribution in [0, 0.1) is 0 Å². The Morgan fingerprint density at radius 1 is 1.57 bits per heavy atom. The smallest absolute Gasteiger partial charge is 0.322 e. The number of hydrogen-bond donors (Lipinski definition) is 2. The number of aromatic nitrogens is 4. The molecule has 0 aromatic carbocycles. The number of carbonyl (C=O) groups excluding carboxylic acids is 1. The molecule has 2 heterocycles. The van der Waals surface area contributed by atoms with Gasteiger partial charge in [0.25, 0.3) is 0 Å². The van der Waals surface area contributed by atoms with E-state index in [4.69, 9.17) is 11.6 Å². The zero-order valence-corrected chi connectivity index (χ0v) is 14.4. The van der Waals surface area contributed by atoms with E-state index in [9.17, 15) is 9.59 Å². The first-order valence-corrected chi connectivity index (χ1v) is 8.52. The second kappa shape index (κ2) is 8.16. The number of anilines is 1. The summed E-state index contributed by atoms with van der Waals surface area (Å²) in [5.41, 5.74) is 0.195. The lowest BCUT2D eigenvalue weighted by Crippen LogP contribution is -2.24. The molecular weight excluding hydrogens is 338 g/mol. The molecule has 0 aliphatic carbocycles. The number of rotatable bonds is 7. The topological polar surface area (TPSA) is 92.7 Å². The van der Waals surface area contributed by atoms with E-state index in [-0.39, 0.29) is 16.8 Å². The quantitative estimate of drug-likeness (QED) is 0.588. The number of H-pyrrole nitrogens is 1.